The van der Waals surface area contributed by atoms with Gasteiger partial charge in [-0.1, -0.05) is 35.9 Å². The van der Waals surface area contributed by atoms with Crippen LogP contribution in [0.4, 0.5) is 26.2 Å². The van der Waals surface area contributed by atoms with E-state index in [1.165, 1.54) is 23.8 Å². The molecule has 3 rings (SSSR count). The Kier molecular flexibility index (Phi) is 4.88. The molecule has 0 unspecified atom stereocenters. The summed E-state index contributed by atoms with van der Waals surface area (Å²) in [5, 5.41) is 5.82. The Morgan fingerprint density at radius 2 is 1.64 bits per heavy atom. The number of nitrogens with one attached hydrogen (secondary N) is 2. The van der Waals surface area contributed by atoms with E-state index in [1.807, 2.05) is 25.1 Å². The normalized spacial score (nSPS) is 10.6. The summed E-state index contributed by atoms with van der Waals surface area (Å²) in [4.78, 5) is 8.59. The van der Waals surface area contributed by atoms with Crippen LogP contribution in [0.25, 0.3) is 0 Å². The van der Waals surface area contributed by atoms with Crippen molar-refractivity contribution in [3.8, 4) is 0 Å². The summed E-state index contributed by atoms with van der Waals surface area (Å²) in [6.07, 6.45) is 0. The Morgan fingerprint density at radius 3 is 2.36 bits per heavy atom. The molecule has 0 spiro atoms. The molecule has 0 radical (unpaired) electrons. The van der Waals surface area contributed by atoms with Crippen LogP contribution >= 0.6 is 0 Å². The molecule has 6 heteroatoms. The van der Waals surface area contributed by atoms with Crippen LogP contribution in [0.5, 0.6) is 0 Å². The van der Waals surface area contributed by atoms with Crippen molar-refractivity contribution >= 4 is 17.5 Å². The molecule has 0 saturated carbocycles. The molecule has 4 nitrogen and oxygen atoms in total. The monoisotopic (exact) mass is 340 g/mol. The van der Waals surface area contributed by atoms with E-state index in [0.29, 0.717) is 24.0 Å². The van der Waals surface area contributed by atoms with Gasteiger partial charge in [0.15, 0.2) is 0 Å². The molecule has 0 bridgehead atoms. The van der Waals surface area contributed by atoms with E-state index in [4.69, 9.17) is 0 Å². The van der Waals surface area contributed by atoms with E-state index < -0.39 is 11.6 Å². The lowest BCUT2D eigenvalue weighted by atomic mass is 10.1. The Balaban J connectivity index is 1.78. The van der Waals surface area contributed by atoms with Crippen LogP contribution in [0.15, 0.2) is 48.5 Å². The van der Waals surface area contributed by atoms with Crippen molar-refractivity contribution in [2.75, 3.05) is 10.6 Å². The van der Waals surface area contributed by atoms with Gasteiger partial charge in [-0.15, -0.1) is 0 Å². The van der Waals surface area contributed by atoms with Gasteiger partial charge in [0.1, 0.15) is 23.1 Å². The molecule has 25 heavy (non-hydrogen) atoms. The smallest absolute Gasteiger partial charge is 0.225 e. The van der Waals surface area contributed by atoms with E-state index in [9.17, 15) is 8.78 Å². The standard InChI is InChI=1S/C19H18F2N4/c1-12-5-3-6-14(9-12)11-22-19-23-13(2)10-17(25-19)24-18-15(20)7-4-8-16(18)21/h3-10H,11H2,1-2H3,(H2,22,23,24,25). The molecule has 2 N–H and O–H groups in total. The number of hydrogen-bond acceptors (Lipinski definition) is 4. The summed E-state index contributed by atoms with van der Waals surface area (Å²) >= 11 is 0. The first-order valence-corrected chi connectivity index (χ1v) is 7.87. The summed E-state index contributed by atoms with van der Waals surface area (Å²) in [6.45, 7) is 4.37. The van der Waals surface area contributed by atoms with Crippen molar-refractivity contribution in [3.05, 3.63) is 77.0 Å². The highest BCUT2D eigenvalue weighted by atomic mass is 19.1. The van der Waals surface area contributed by atoms with Crippen LogP contribution in [0.1, 0.15) is 16.8 Å². The average Bonchev–Trinajstić information content (AvgIpc) is 2.56. The molecule has 0 aliphatic carbocycles. The molecule has 128 valence electrons. The minimum atomic E-state index is -0.675. The second-order valence-corrected chi connectivity index (χ2v) is 5.78. The molecule has 1 heterocycles. The number of benzene rings is 2. The van der Waals surface area contributed by atoms with Crippen molar-refractivity contribution in [2.24, 2.45) is 0 Å². The third kappa shape index (κ3) is 4.29. The van der Waals surface area contributed by atoms with Crippen molar-refractivity contribution < 1.29 is 8.78 Å². The van der Waals surface area contributed by atoms with E-state index in [1.54, 1.807) is 13.0 Å². The zero-order valence-electron chi connectivity index (χ0n) is 14.0. The molecule has 0 atom stereocenters. The summed E-state index contributed by atoms with van der Waals surface area (Å²) in [5.74, 6) is -0.639. The van der Waals surface area contributed by atoms with Gasteiger partial charge >= 0.3 is 0 Å². The number of hydrogen-bond donors (Lipinski definition) is 2. The van der Waals surface area contributed by atoms with Crippen molar-refractivity contribution in [1.82, 2.24) is 9.97 Å². The Morgan fingerprint density at radius 1 is 0.920 bits per heavy atom. The zero-order valence-corrected chi connectivity index (χ0v) is 14.0. The fourth-order valence-corrected chi connectivity index (χ4v) is 2.46. The SMILES string of the molecule is Cc1cccc(CNc2nc(C)cc(Nc3c(F)cccc3F)n2)c1. The van der Waals surface area contributed by atoms with Gasteiger partial charge in [-0.3, -0.25) is 0 Å². The maximum absolute atomic E-state index is 13.8. The van der Waals surface area contributed by atoms with E-state index in [-0.39, 0.29) is 5.69 Å². The molecule has 1 aromatic heterocycles. The number of aryl methyl sites for hydroxylation is 2. The molecular formula is C19H18F2N4. The summed E-state index contributed by atoms with van der Waals surface area (Å²) in [5.41, 5.74) is 2.72. The number of halogens is 2. The third-order valence-corrected chi connectivity index (χ3v) is 3.60. The van der Waals surface area contributed by atoms with Crippen LogP contribution in [0.2, 0.25) is 0 Å². The van der Waals surface area contributed by atoms with Crippen LogP contribution in [0, 0.1) is 25.5 Å². The highest BCUT2D eigenvalue weighted by Crippen LogP contribution is 2.23. The lowest BCUT2D eigenvalue weighted by molar-refractivity contribution is 0.590. The predicted molar refractivity (Wildman–Crippen MR) is 94.9 cm³/mol. The first kappa shape index (κ1) is 16.8. The van der Waals surface area contributed by atoms with E-state index in [0.717, 1.165) is 5.56 Å². The van der Waals surface area contributed by atoms with Gasteiger partial charge < -0.3 is 10.6 Å². The average molecular weight is 340 g/mol. The largest absolute Gasteiger partial charge is 0.350 e. The van der Waals surface area contributed by atoms with Crippen molar-refractivity contribution in [3.63, 3.8) is 0 Å². The highest BCUT2D eigenvalue weighted by Gasteiger charge is 2.10. The fourth-order valence-electron chi connectivity index (χ4n) is 2.46. The molecule has 0 amide bonds. The third-order valence-electron chi connectivity index (χ3n) is 3.60. The van der Waals surface area contributed by atoms with Gasteiger partial charge in [-0.25, -0.2) is 13.8 Å². The second kappa shape index (κ2) is 7.25. The Hall–Kier alpha value is -3.02. The van der Waals surface area contributed by atoms with Crippen molar-refractivity contribution in [1.29, 1.82) is 0 Å². The lowest BCUT2D eigenvalue weighted by Crippen LogP contribution is -2.07. The number of nitrogens with zero attached hydrogens (tertiary/aromatic N) is 2. The first-order chi connectivity index (χ1) is 12.0. The number of rotatable bonds is 5. The van der Waals surface area contributed by atoms with Crippen molar-refractivity contribution in [2.45, 2.75) is 20.4 Å². The number of aromatic nitrogens is 2. The first-order valence-electron chi connectivity index (χ1n) is 7.87. The molecule has 0 fully saturated rings. The van der Waals surface area contributed by atoms with E-state index >= 15 is 0 Å². The summed E-state index contributed by atoms with van der Waals surface area (Å²) < 4.78 is 27.6. The Bertz CT molecular complexity index is 876. The predicted octanol–water partition coefficient (Wildman–Crippen LogP) is 4.73. The van der Waals surface area contributed by atoms with Crippen LogP contribution < -0.4 is 10.6 Å². The Labute approximate surface area is 145 Å². The topological polar surface area (TPSA) is 49.8 Å². The highest BCUT2D eigenvalue weighted by molar-refractivity contribution is 5.59. The minimum Gasteiger partial charge on any atom is -0.350 e. The molecule has 2 aromatic carbocycles. The van der Waals surface area contributed by atoms with Crippen LogP contribution in [-0.2, 0) is 6.54 Å². The molecule has 0 aliphatic heterocycles. The van der Waals surface area contributed by atoms with Gasteiger partial charge in [0.25, 0.3) is 0 Å². The van der Waals surface area contributed by atoms with Gasteiger partial charge in [-0.05, 0) is 31.5 Å². The maximum Gasteiger partial charge on any atom is 0.225 e. The zero-order chi connectivity index (χ0) is 17.8. The van der Waals surface area contributed by atoms with Crippen LogP contribution in [0.3, 0.4) is 0 Å². The molecule has 0 saturated heterocycles. The number of para-hydroxylation sites is 1. The van der Waals surface area contributed by atoms with Crippen LogP contribution in [-0.4, -0.2) is 9.97 Å². The molecule has 0 aliphatic rings. The lowest BCUT2D eigenvalue weighted by Gasteiger charge is -2.11. The summed E-state index contributed by atoms with van der Waals surface area (Å²) in [6, 6.07) is 13.4. The number of anilines is 3. The van der Waals surface area contributed by atoms with E-state index in [2.05, 4.69) is 26.7 Å². The summed E-state index contributed by atoms with van der Waals surface area (Å²) in [7, 11) is 0. The fraction of sp³-hybridized carbons (Fsp3) is 0.158. The molecule has 3 aromatic rings. The van der Waals surface area contributed by atoms with Gasteiger partial charge in [0.2, 0.25) is 5.95 Å². The molecular weight excluding hydrogens is 322 g/mol. The van der Waals surface area contributed by atoms with Gasteiger partial charge in [0.05, 0.1) is 0 Å². The minimum absolute atomic E-state index is 0.231. The van der Waals surface area contributed by atoms with Gasteiger partial charge in [-0.2, -0.15) is 4.98 Å². The van der Waals surface area contributed by atoms with Gasteiger partial charge in [0, 0.05) is 18.3 Å². The maximum atomic E-state index is 13.8. The second-order valence-electron chi connectivity index (χ2n) is 5.78. The quantitative estimate of drug-likeness (QED) is 0.705.